The van der Waals surface area contributed by atoms with Crippen LogP contribution in [0.5, 0.6) is 0 Å². The summed E-state index contributed by atoms with van der Waals surface area (Å²) < 4.78 is 1.65. The number of hydrogen-bond donors (Lipinski definition) is 2. The van der Waals surface area contributed by atoms with Crippen LogP contribution in [0.1, 0.15) is 36.0 Å². The van der Waals surface area contributed by atoms with Crippen molar-refractivity contribution in [1.29, 1.82) is 0 Å². The van der Waals surface area contributed by atoms with E-state index in [1.165, 1.54) is 25.3 Å². The number of carboxylic acid groups (broad SMARTS) is 1. The van der Waals surface area contributed by atoms with Crippen molar-refractivity contribution in [3.8, 4) is 0 Å². The van der Waals surface area contributed by atoms with Gasteiger partial charge < -0.3 is 10.1 Å². The van der Waals surface area contributed by atoms with Gasteiger partial charge in [-0.05, 0) is 30.5 Å². The Kier molecular flexibility index (Phi) is 2.89. The van der Waals surface area contributed by atoms with Gasteiger partial charge in [0.05, 0.1) is 16.6 Å². The van der Waals surface area contributed by atoms with Crippen molar-refractivity contribution < 1.29 is 9.90 Å². The number of aromatic carboxylic acids is 1. The monoisotopic (exact) mass is 260 g/mol. The van der Waals surface area contributed by atoms with Crippen LogP contribution in [0.25, 0.3) is 11.0 Å². The van der Waals surface area contributed by atoms with Crippen LogP contribution in [0.2, 0.25) is 0 Å². The average molecular weight is 260 g/mol. The maximum absolute atomic E-state index is 11.9. The van der Waals surface area contributed by atoms with Crippen LogP contribution < -0.4 is 5.69 Å². The molecule has 0 radical (unpaired) electrons. The summed E-state index contributed by atoms with van der Waals surface area (Å²) in [7, 11) is 0. The Morgan fingerprint density at radius 1 is 1.42 bits per heavy atom. The minimum Gasteiger partial charge on any atom is -0.478 e. The normalized spacial score (nSPS) is 15.6. The smallest absolute Gasteiger partial charge is 0.335 e. The molecule has 5 nitrogen and oxygen atoms in total. The Balaban J connectivity index is 1.96. The number of nitrogens with one attached hydrogen (secondary N) is 1. The zero-order chi connectivity index (χ0) is 13.4. The van der Waals surface area contributed by atoms with Gasteiger partial charge in [-0.3, -0.25) is 4.57 Å². The van der Waals surface area contributed by atoms with Crippen LogP contribution in [0.4, 0.5) is 0 Å². The number of H-pyrrole nitrogens is 1. The third kappa shape index (κ3) is 2.16. The van der Waals surface area contributed by atoms with E-state index in [2.05, 4.69) is 4.98 Å². The van der Waals surface area contributed by atoms with Crippen molar-refractivity contribution in [2.24, 2.45) is 5.92 Å². The Morgan fingerprint density at radius 2 is 2.21 bits per heavy atom. The number of aryl methyl sites for hydroxylation is 1. The largest absolute Gasteiger partial charge is 0.478 e. The summed E-state index contributed by atoms with van der Waals surface area (Å²) in [5.41, 5.74) is 1.44. The molecule has 0 unspecified atom stereocenters. The quantitative estimate of drug-likeness (QED) is 0.885. The van der Waals surface area contributed by atoms with Crippen molar-refractivity contribution in [2.75, 3.05) is 0 Å². The minimum absolute atomic E-state index is 0.156. The van der Waals surface area contributed by atoms with Crippen molar-refractivity contribution >= 4 is 17.0 Å². The van der Waals surface area contributed by atoms with Gasteiger partial charge in [-0.2, -0.15) is 0 Å². The zero-order valence-corrected chi connectivity index (χ0v) is 10.6. The molecule has 1 aliphatic carbocycles. The standard InChI is InChI=1S/C14H16N2O3/c17-13(18)10-4-5-11-12(8-10)16(14(19)15-11)7-6-9-2-1-3-9/h4-5,8-9H,1-3,6-7H2,(H,15,19)(H,17,18). The molecule has 1 aliphatic rings. The van der Waals surface area contributed by atoms with E-state index in [1.54, 1.807) is 16.7 Å². The van der Waals surface area contributed by atoms with E-state index in [0.717, 1.165) is 12.3 Å². The van der Waals surface area contributed by atoms with Crippen LogP contribution in [0.15, 0.2) is 23.0 Å². The highest BCUT2D eigenvalue weighted by molar-refractivity contribution is 5.92. The second kappa shape index (κ2) is 4.57. The molecule has 0 amide bonds. The number of fused-ring (bicyclic) bond motifs is 1. The third-order valence-corrected chi connectivity index (χ3v) is 4.01. The summed E-state index contributed by atoms with van der Waals surface area (Å²) in [5, 5.41) is 9.01. The molecule has 0 atom stereocenters. The van der Waals surface area contributed by atoms with Crippen molar-refractivity contribution in [3.63, 3.8) is 0 Å². The molecule has 19 heavy (non-hydrogen) atoms. The van der Waals surface area contributed by atoms with Crippen molar-refractivity contribution in [2.45, 2.75) is 32.2 Å². The van der Waals surface area contributed by atoms with Crippen molar-refractivity contribution in [1.82, 2.24) is 9.55 Å². The lowest BCUT2D eigenvalue weighted by atomic mass is 9.83. The first kappa shape index (κ1) is 12.0. The first-order valence-electron chi connectivity index (χ1n) is 6.61. The number of carbonyl (C=O) groups is 1. The molecule has 1 aromatic carbocycles. The van der Waals surface area contributed by atoms with E-state index in [1.807, 2.05) is 0 Å². The number of imidazole rings is 1. The van der Waals surface area contributed by atoms with Gasteiger partial charge in [0.25, 0.3) is 0 Å². The van der Waals surface area contributed by atoms with E-state index in [9.17, 15) is 9.59 Å². The zero-order valence-electron chi connectivity index (χ0n) is 10.6. The van der Waals surface area contributed by atoms with Crippen molar-refractivity contribution in [3.05, 3.63) is 34.2 Å². The molecule has 0 bridgehead atoms. The second-order valence-corrected chi connectivity index (χ2v) is 5.20. The van der Waals surface area contributed by atoms with Gasteiger partial charge in [0.2, 0.25) is 0 Å². The lowest BCUT2D eigenvalue weighted by molar-refractivity contribution is 0.0697. The molecule has 2 aromatic rings. The van der Waals surface area contributed by atoms with E-state index >= 15 is 0 Å². The van der Waals surface area contributed by atoms with Gasteiger partial charge in [-0.1, -0.05) is 19.3 Å². The summed E-state index contributed by atoms with van der Waals surface area (Å²) in [6.45, 7) is 0.659. The first-order valence-corrected chi connectivity index (χ1v) is 6.61. The van der Waals surface area contributed by atoms with Gasteiger partial charge in [-0.25, -0.2) is 9.59 Å². The third-order valence-electron chi connectivity index (χ3n) is 4.01. The number of nitrogens with zero attached hydrogens (tertiary/aromatic N) is 1. The summed E-state index contributed by atoms with van der Waals surface area (Å²) in [4.78, 5) is 25.7. The lowest BCUT2D eigenvalue weighted by Crippen LogP contribution is -2.20. The van der Waals surface area contributed by atoms with Crippen LogP contribution in [-0.4, -0.2) is 20.6 Å². The summed E-state index contributed by atoms with van der Waals surface area (Å²) in [6, 6.07) is 4.73. The fraction of sp³-hybridized carbons (Fsp3) is 0.429. The molecule has 1 saturated carbocycles. The second-order valence-electron chi connectivity index (χ2n) is 5.20. The molecule has 1 aromatic heterocycles. The Labute approximate surface area is 109 Å². The SMILES string of the molecule is O=C(O)c1ccc2[nH]c(=O)n(CCC3CCC3)c2c1. The molecule has 0 spiro atoms. The number of carboxylic acids is 1. The van der Waals surface area contributed by atoms with Gasteiger partial charge in [0.1, 0.15) is 0 Å². The molecule has 3 rings (SSSR count). The first-order chi connectivity index (χ1) is 9.15. The summed E-state index contributed by atoms with van der Waals surface area (Å²) in [6.07, 6.45) is 4.77. The molecule has 100 valence electrons. The van der Waals surface area contributed by atoms with Gasteiger partial charge in [-0.15, -0.1) is 0 Å². The van der Waals surface area contributed by atoms with Gasteiger partial charge in [0.15, 0.2) is 0 Å². The van der Waals surface area contributed by atoms with E-state index in [4.69, 9.17) is 5.11 Å². The molecular formula is C14H16N2O3. The highest BCUT2D eigenvalue weighted by atomic mass is 16.4. The highest BCUT2D eigenvalue weighted by Crippen LogP contribution is 2.29. The number of aromatic amines is 1. The fourth-order valence-corrected chi connectivity index (χ4v) is 2.60. The number of rotatable bonds is 4. The maximum atomic E-state index is 11.9. The van der Waals surface area contributed by atoms with E-state index in [0.29, 0.717) is 17.6 Å². The van der Waals surface area contributed by atoms with E-state index < -0.39 is 5.97 Å². The van der Waals surface area contributed by atoms with Crippen LogP contribution in [0.3, 0.4) is 0 Å². The van der Waals surface area contributed by atoms with E-state index in [-0.39, 0.29) is 11.3 Å². The number of hydrogen-bond acceptors (Lipinski definition) is 2. The lowest BCUT2D eigenvalue weighted by Gasteiger charge is -2.25. The fourth-order valence-electron chi connectivity index (χ4n) is 2.60. The Bertz CT molecular complexity index is 680. The minimum atomic E-state index is -0.971. The predicted octanol–water partition coefficient (Wildman–Crippen LogP) is 2.22. The molecule has 0 saturated heterocycles. The average Bonchev–Trinajstić information content (AvgIpc) is 2.63. The molecule has 2 N–H and O–H groups in total. The van der Waals surface area contributed by atoms with Crippen LogP contribution in [-0.2, 0) is 6.54 Å². The molecule has 1 heterocycles. The highest BCUT2D eigenvalue weighted by Gasteiger charge is 2.18. The number of benzene rings is 1. The summed E-state index contributed by atoms with van der Waals surface area (Å²) in [5.74, 6) is -0.249. The molecule has 1 fully saturated rings. The Hall–Kier alpha value is -2.04. The topological polar surface area (TPSA) is 75.1 Å². The summed E-state index contributed by atoms with van der Waals surface area (Å²) >= 11 is 0. The van der Waals surface area contributed by atoms with Gasteiger partial charge in [0, 0.05) is 6.54 Å². The molecule has 0 aliphatic heterocycles. The predicted molar refractivity (Wildman–Crippen MR) is 71.5 cm³/mol. The molecular weight excluding hydrogens is 244 g/mol. The maximum Gasteiger partial charge on any atom is 0.335 e. The number of aromatic nitrogens is 2. The Morgan fingerprint density at radius 3 is 2.84 bits per heavy atom. The van der Waals surface area contributed by atoms with Crippen LogP contribution >= 0.6 is 0 Å². The van der Waals surface area contributed by atoms with Gasteiger partial charge >= 0.3 is 11.7 Å². The van der Waals surface area contributed by atoms with Crippen LogP contribution in [0, 0.1) is 5.92 Å². The molecule has 5 heteroatoms.